The summed E-state index contributed by atoms with van der Waals surface area (Å²) in [5.41, 5.74) is 2.20. The molecule has 0 saturated carbocycles. The Kier molecular flexibility index (Phi) is 6.77. The summed E-state index contributed by atoms with van der Waals surface area (Å²) in [4.78, 5) is 18.3. The SMILES string of the molecule is Cc1cccc(-n2c(C)nnc2SCC(=O)N2CCN(Cc3ccc(Cl)s3)CC2)c1. The fraction of sp³-hybridized carbons (Fsp3) is 0.381. The topological polar surface area (TPSA) is 54.3 Å². The summed E-state index contributed by atoms with van der Waals surface area (Å²) in [5, 5.41) is 9.25. The first-order chi connectivity index (χ1) is 14.5. The normalized spacial score (nSPS) is 15.0. The Morgan fingerprint density at radius 2 is 1.93 bits per heavy atom. The number of amides is 1. The molecule has 4 rings (SSSR count). The molecule has 6 nitrogen and oxygen atoms in total. The van der Waals surface area contributed by atoms with Crippen molar-refractivity contribution < 1.29 is 4.79 Å². The van der Waals surface area contributed by atoms with Crippen molar-refractivity contribution in [3.63, 3.8) is 0 Å². The molecule has 1 amide bonds. The van der Waals surface area contributed by atoms with Crippen molar-refractivity contribution in [1.29, 1.82) is 0 Å². The second-order valence-corrected chi connectivity index (χ2v) is 10.1. The fourth-order valence-electron chi connectivity index (χ4n) is 3.53. The number of nitrogens with zero attached hydrogens (tertiary/aromatic N) is 5. The predicted octanol–water partition coefficient (Wildman–Crippen LogP) is 4.04. The molecule has 0 unspecified atom stereocenters. The van der Waals surface area contributed by atoms with E-state index >= 15 is 0 Å². The lowest BCUT2D eigenvalue weighted by atomic mass is 10.2. The van der Waals surface area contributed by atoms with Crippen LogP contribution in [0.25, 0.3) is 5.69 Å². The zero-order valence-electron chi connectivity index (χ0n) is 17.0. The number of hydrogen-bond acceptors (Lipinski definition) is 6. The van der Waals surface area contributed by atoms with E-state index in [0.29, 0.717) is 5.75 Å². The fourth-order valence-corrected chi connectivity index (χ4v) is 5.56. The number of carbonyl (C=O) groups is 1. The molecule has 158 valence electrons. The van der Waals surface area contributed by atoms with Crippen molar-refractivity contribution in [3.8, 4) is 5.69 Å². The summed E-state index contributed by atoms with van der Waals surface area (Å²) in [6.07, 6.45) is 0. The third kappa shape index (κ3) is 5.06. The predicted molar refractivity (Wildman–Crippen MR) is 123 cm³/mol. The first-order valence-corrected chi connectivity index (χ1v) is 12.0. The van der Waals surface area contributed by atoms with Crippen LogP contribution >= 0.6 is 34.7 Å². The van der Waals surface area contributed by atoms with E-state index < -0.39 is 0 Å². The molecule has 1 aliphatic rings. The largest absolute Gasteiger partial charge is 0.339 e. The molecular weight excluding hydrogens is 438 g/mol. The average Bonchev–Trinajstić information content (AvgIpc) is 3.31. The molecule has 3 heterocycles. The highest BCUT2D eigenvalue weighted by Crippen LogP contribution is 2.24. The van der Waals surface area contributed by atoms with Crippen LogP contribution in [0.4, 0.5) is 0 Å². The number of piperazine rings is 1. The van der Waals surface area contributed by atoms with Gasteiger partial charge >= 0.3 is 0 Å². The smallest absolute Gasteiger partial charge is 0.233 e. The van der Waals surface area contributed by atoms with E-state index in [1.165, 1.54) is 22.2 Å². The minimum Gasteiger partial charge on any atom is -0.339 e. The van der Waals surface area contributed by atoms with E-state index in [1.807, 2.05) is 34.6 Å². The number of carbonyl (C=O) groups excluding carboxylic acids is 1. The van der Waals surface area contributed by atoms with Crippen molar-refractivity contribution in [2.45, 2.75) is 25.5 Å². The third-order valence-corrected chi connectivity index (χ3v) is 7.24. The molecule has 0 aliphatic carbocycles. The molecule has 0 atom stereocenters. The van der Waals surface area contributed by atoms with Crippen LogP contribution < -0.4 is 0 Å². The number of benzene rings is 1. The minimum absolute atomic E-state index is 0.148. The summed E-state index contributed by atoms with van der Waals surface area (Å²) in [5.74, 6) is 1.33. The molecular formula is C21H24ClN5OS2. The first-order valence-electron chi connectivity index (χ1n) is 9.86. The molecule has 0 radical (unpaired) electrons. The Morgan fingerprint density at radius 3 is 2.63 bits per heavy atom. The Morgan fingerprint density at radius 1 is 1.13 bits per heavy atom. The summed E-state index contributed by atoms with van der Waals surface area (Å²) >= 11 is 9.09. The summed E-state index contributed by atoms with van der Waals surface area (Å²) < 4.78 is 2.83. The maximum Gasteiger partial charge on any atom is 0.233 e. The second kappa shape index (κ2) is 9.51. The van der Waals surface area contributed by atoms with E-state index in [2.05, 4.69) is 40.2 Å². The van der Waals surface area contributed by atoms with Crippen LogP contribution in [0.3, 0.4) is 0 Å². The third-order valence-electron chi connectivity index (χ3n) is 5.11. The Labute approximate surface area is 189 Å². The minimum atomic E-state index is 0.148. The number of rotatable bonds is 6. The van der Waals surface area contributed by atoms with Crippen LogP contribution in [0.5, 0.6) is 0 Å². The van der Waals surface area contributed by atoms with Gasteiger partial charge in [0.25, 0.3) is 0 Å². The monoisotopic (exact) mass is 461 g/mol. The van der Waals surface area contributed by atoms with E-state index in [0.717, 1.165) is 53.7 Å². The number of thiophene rings is 1. The van der Waals surface area contributed by atoms with Gasteiger partial charge in [-0.15, -0.1) is 21.5 Å². The lowest BCUT2D eigenvalue weighted by Gasteiger charge is -2.34. The van der Waals surface area contributed by atoms with Crippen LogP contribution in [-0.2, 0) is 11.3 Å². The number of aromatic nitrogens is 3. The zero-order chi connectivity index (χ0) is 21.1. The first kappa shape index (κ1) is 21.4. The molecule has 2 aromatic heterocycles. The summed E-state index contributed by atoms with van der Waals surface area (Å²) in [6.45, 7) is 8.15. The highest BCUT2D eigenvalue weighted by Gasteiger charge is 2.22. The lowest BCUT2D eigenvalue weighted by Crippen LogP contribution is -2.48. The Bertz CT molecular complexity index is 1030. The van der Waals surface area contributed by atoms with Gasteiger partial charge in [0.2, 0.25) is 5.91 Å². The molecule has 3 aromatic rings. The van der Waals surface area contributed by atoms with Crippen LogP contribution in [0, 0.1) is 13.8 Å². The van der Waals surface area contributed by atoms with Gasteiger partial charge in [0, 0.05) is 43.3 Å². The van der Waals surface area contributed by atoms with Gasteiger partial charge in [0.15, 0.2) is 5.16 Å². The van der Waals surface area contributed by atoms with Gasteiger partial charge in [0.1, 0.15) is 5.82 Å². The molecule has 0 spiro atoms. The molecule has 30 heavy (non-hydrogen) atoms. The molecule has 0 bridgehead atoms. The molecule has 1 aliphatic heterocycles. The Hall–Kier alpha value is -1.87. The van der Waals surface area contributed by atoms with E-state index in [9.17, 15) is 4.79 Å². The van der Waals surface area contributed by atoms with Gasteiger partial charge in [0.05, 0.1) is 10.1 Å². The van der Waals surface area contributed by atoms with Crippen LogP contribution in [0.2, 0.25) is 4.34 Å². The zero-order valence-corrected chi connectivity index (χ0v) is 19.4. The van der Waals surface area contributed by atoms with Crippen molar-refractivity contribution >= 4 is 40.6 Å². The maximum atomic E-state index is 12.8. The number of hydrogen-bond donors (Lipinski definition) is 0. The second-order valence-electron chi connectivity index (χ2n) is 7.36. The van der Waals surface area contributed by atoms with Gasteiger partial charge in [-0.2, -0.15) is 0 Å². The van der Waals surface area contributed by atoms with Crippen molar-refractivity contribution in [2.24, 2.45) is 0 Å². The van der Waals surface area contributed by atoms with Crippen LogP contribution in [0.1, 0.15) is 16.3 Å². The highest BCUT2D eigenvalue weighted by molar-refractivity contribution is 7.99. The van der Waals surface area contributed by atoms with Crippen molar-refractivity contribution in [2.75, 3.05) is 31.9 Å². The van der Waals surface area contributed by atoms with Gasteiger partial charge < -0.3 is 4.90 Å². The number of halogens is 1. The van der Waals surface area contributed by atoms with Gasteiger partial charge in [-0.1, -0.05) is 35.5 Å². The van der Waals surface area contributed by atoms with Crippen molar-refractivity contribution in [3.05, 3.63) is 57.0 Å². The summed E-state index contributed by atoms with van der Waals surface area (Å²) in [7, 11) is 0. The van der Waals surface area contributed by atoms with Gasteiger partial charge in [-0.3, -0.25) is 14.3 Å². The van der Waals surface area contributed by atoms with Gasteiger partial charge in [-0.25, -0.2) is 0 Å². The van der Waals surface area contributed by atoms with Gasteiger partial charge in [-0.05, 0) is 43.7 Å². The summed E-state index contributed by atoms with van der Waals surface area (Å²) in [6, 6.07) is 12.2. The molecule has 1 aromatic carbocycles. The number of aryl methyl sites for hydroxylation is 2. The highest BCUT2D eigenvalue weighted by atomic mass is 35.5. The standard InChI is InChI=1S/C21H24ClN5OS2/c1-15-4-3-5-17(12-15)27-16(2)23-24-21(27)29-14-20(28)26-10-8-25(9-11-26)13-18-6-7-19(22)30-18/h3-7,12H,8-11,13-14H2,1-2H3. The van der Waals surface area contributed by atoms with Crippen molar-refractivity contribution in [1.82, 2.24) is 24.6 Å². The molecule has 1 saturated heterocycles. The van der Waals surface area contributed by atoms with E-state index in [-0.39, 0.29) is 5.91 Å². The van der Waals surface area contributed by atoms with E-state index in [1.54, 1.807) is 11.3 Å². The number of thioether (sulfide) groups is 1. The molecule has 0 N–H and O–H groups in total. The van der Waals surface area contributed by atoms with Crippen LogP contribution in [0.15, 0.2) is 41.6 Å². The lowest BCUT2D eigenvalue weighted by molar-refractivity contribution is -0.130. The molecule has 1 fully saturated rings. The Balaban J connectivity index is 1.32. The van der Waals surface area contributed by atoms with E-state index in [4.69, 9.17) is 11.6 Å². The molecule has 9 heteroatoms. The average molecular weight is 462 g/mol. The maximum absolute atomic E-state index is 12.8. The quantitative estimate of drug-likeness (QED) is 0.518. The van der Waals surface area contributed by atoms with Crippen LogP contribution in [-0.4, -0.2) is 62.4 Å².